The number of hydrogen-bond donors (Lipinski definition) is 2. The van der Waals surface area contributed by atoms with Crippen molar-refractivity contribution in [3.05, 3.63) is 71.8 Å². The molecular weight excluding hydrogens is 390 g/mol. The van der Waals surface area contributed by atoms with Gasteiger partial charge in [-0.3, -0.25) is 9.59 Å². The van der Waals surface area contributed by atoms with Gasteiger partial charge in [-0.1, -0.05) is 60.7 Å². The van der Waals surface area contributed by atoms with E-state index in [9.17, 15) is 14.7 Å². The van der Waals surface area contributed by atoms with Crippen molar-refractivity contribution in [3.63, 3.8) is 0 Å². The second-order valence-electron chi connectivity index (χ2n) is 9.86. The summed E-state index contributed by atoms with van der Waals surface area (Å²) in [7, 11) is 0. The highest BCUT2D eigenvalue weighted by Crippen LogP contribution is 2.61. The molecule has 162 valence electrons. The summed E-state index contributed by atoms with van der Waals surface area (Å²) in [4.78, 5) is 25.8. The number of nitrogens with one attached hydrogen (secondary N) is 1. The minimum atomic E-state index is -0.725. The first-order valence-corrected chi connectivity index (χ1v) is 11.2. The summed E-state index contributed by atoms with van der Waals surface area (Å²) in [6.07, 6.45) is 4.74. The minimum Gasteiger partial charge on any atom is -0.455 e. The molecule has 4 bridgehead atoms. The zero-order valence-corrected chi connectivity index (χ0v) is 17.6. The molecule has 31 heavy (non-hydrogen) atoms. The summed E-state index contributed by atoms with van der Waals surface area (Å²) in [5.41, 5.74) is 0.599. The molecule has 1 amide bonds. The maximum absolute atomic E-state index is 13.1. The molecule has 4 saturated carbocycles. The van der Waals surface area contributed by atoms with Crippen molar-refractivity contribution in [2.75, 3.05) is 6.61 Å². The standard InChI is InChI=1S/C26H29NO4/c28-22(27-23(20-7-3-1-4-8-20)21-9-5-2-6-10-21)16-31-24(29)25-12-18-11-19(13-25)15-26(30,14-18)17-25/h1-10,18-19,23,30H,11-17H2,(H,27,28)/t18-,19+,25?,26?. The molecule has 0 radical (unpaired) electrons. The van der Waals surface area contributed by atoms with Crippen LogP contribution in [0.4, 0.5) is 0 Å². The summed E-state index contributed by atoms with van der Waals surface area (Å²) in [6.45, 7) is -0.301. The predicted octanol–water partition coefficient (Wildman–Crippen LogP) is 3.77. The maximum atomic E-state index is 13.1. The molecule has 4 aliphatic carbocycles. The van der Waals surface area contributed by atoms with Crippen LogP contribution in [-0.4, -0.2) is 29.2 Å². The first kappa shape index (κ1) is 20.3. The Labute approximate surface area is 182 Å². The Morgan fingerprint density at radius 1 is 0.935 bits per heavy atom. The van der Waals surface area contributed by atoms with Gasteiger partial charge in [0.25, 0.3) is 5.91 Å². The Bertz CT molecular complexity index is 904. The molecule has 0 spiro atoms. The Morgan fingerprint density at radius 3 is 2.00 bits per heavy atom. The van der Waals surface area contributed by atoms with Crippen LogP contribution < -0.4 is 5.32 Å². The van der Waals surface area contributed by atoms with Gasteiger partial charge in [0, 0.05) is 0 Å². The molecule has 2 aromatic carbocycles. The number of carbonyl (C=O) groups is 2. The summed E-state index contributed by atoms with van der Waals surface area (Å²) >= 11 is 0. The van der Waals surface area contributed by atoms with E-state index in [2.05, 4.69) is 5.32 Å². The Hall–Kier alpha value is -2.66. The molecule has 0 heterocycles. The van der Waals surface area contributed by atoms with Crippen LogP contribution in [0.2, 0.25) is 0 Å². The first-order valence-electron chi connectivity index (χ1n) is 11.2. The van der Waals surface area contributed by atoms with Crippen LogP contribution in [0.1, 0.15) is 55.7 Å². The third kappa shape index (κ3) is 3.99. The van der Waals surface area contributed by atoms with Crippen LogP contribution >= 0.6 is 0 Å². The molecule has 2 aromatic rings. The smallest absolute Gasteiger partial charge is 0.312 e. The zero-order valence-electron chi connectivity index (χ0n) is 17.6. The fraction of sp³-hybridized carbons (Fsp3) is 0.462. The number of carbonyl (C=O) groups excluding carboxylic acids is 2. The Morgan fingerprint density at radius 2 is 1.48 bits per heavy atom. The highest BCUT2D eigenvalue weighted by molar-refractivity contribution is 5.83. The van der Waals surface area contributed by atoms with Gasteiger partial charge in [0.15, 0.2) is 6.61 Å². The molecule has 0 saturated heterocycles. The predicted molar refractivity (Wildman–Crippen MR) is 116 cm³/mol. The van der Waals surface area contributed by atoms with Crippen molar-refractivity contribution in [2.24, 2.45) is 17.3 Å². The van der Waals surface area contributed by atoms with Gasteiger partial charge in [0.2, 0.25) is 0 Å². The van der Waals surface area contributed by atoms with Gasteiger partial charge in [0.1, 0.15) is 0 Å². The van der Waals surface area contributed by atoms with Crippen molar-refractivity contribution >= 4 is 11.9 Å². The highest BCUT2D eigenvalue weighted by Gasteiger charge is 2.60. The summed E-state index contributed by atoms with van der Waals surface area (Å²) in [6, 6.07) is 19.2. The quantitative estimate of drug-likeness (QED) is 0.699. The van der Waals surface area contributed by atoms with E-state index >= 15 is 0 Å². The largest absolute Gasteiger partial charge is 0.455 e. The maximum Gasteiger partial charge on any atom is 0.312 e. The molecular formula is C26H29NO4. The molecule has 0 aromatic heterocycles. The lowest BCUT2D eigenvalue weighted by Crippen LogP contribution is -2.58. The zero-order chi connectivity index (χ0) is 21.5. The van der Waals surface area contributed by atoms with E-state index in [0.29, 0.717) is 18.3 Å². The first-order chi connectivity index (χ1) is 14.9. The molecule has 2 unspecified atom stereocenters. The Kier molecular flexibility index (Phi) is 5.09. The highest BCUT2D eigenvalue weighted by atomic mass is 16.5. The van der Waals surface area contributed by atoms with E-state index < -0.39 is 11.0 Å². The number of hydrogen-bond acceptors (Lipinski definition) is 4. The Balaban J connectivity index is 1.25. The van der Waals surface area contributed by atoms with Gasteiger partial charge in [-0.05, 0) is 61.5 Å². The lowest BCUT2D eigenvalue weighted by atomic mass is 9.48. The van der Waals surface area contributed by atoms with Gasteiger partial charge in [0.05, 0.1) is 17.1 Å². The number of benzene rings is 2. The molecule has 4 atom stereocenters. The van der Waals surface area contributed by atoms with Gasteiger partial charge in [-0.25, -0.2) is 0 Å². The van der Waals surface area contributed by atoms with Gasteiger partial charge in [-0.15, -0.1) is 0 Å². The van der Waals surface area contributed by atoms with E-state index in [1.807, 2.05) is 60.7 Å². The molecule has 4 fully saturated rings. The number of aliphatic hydroxyl groups is 1. The van der Waals surface area contributed by atoms with Crippen molar-refractivity contribution in [1.82, 2.24) is 5.32 Å². The monoisotopic (exact) mass is 419 g/mol. The summed E-state index contributed by atoms with van der Waals surface area (Å²) in [5.74, 6) is 0.155. The second kappa shape index (κ2) is 7.79. The van der Waals surface area contributed by atoms with E-state index in [1.54, 1.807) is 0 Å². The topological polar surface area (TPSA) is 75.6 Å². The van der Waals surface area contributed by atoms with Crippen LogP contribution in [-0.2, 0) is 14.3 Å². The number of esters is 1. The van der Waals surface area contributed by atoms with Gasteiger partial charge >= 0.3 is 5.97 Å². The number of ether oxygens (including phenoxy) is 1. The summed E-state index contributed by atoms with van der Waals surface area (Å²) < 4.78 is 5.54. The molecule has 4 aliphatic rings. The van der Waals surface area contributed by atoms with Crippen molar-refractivity contribution < 1.29 is 19.4 Å². The normalized spacial score (nSPS) is 30.9. The van der Waals surface area contributed by atoms with E-state index in [-0.39, 0.29) is 24.5 Å². The van der Waals surface area contributed by atoms with Crippen LogP contribution in [0, 0.1) is 17.3 Å². The third-order valence-electron chi connectivity index (χ3n) is 7.37. The molecule has 5 heteroatoms. The van der Waals surface area contributed by atoms with Gasteiger partial charge in [-0.2, -0.15) is 0 Å². The summed E-state index contributed by atoms with van der Waals surface area (Å²) in [5, 5.41) is 13.9. The average molecular weight is 420 g/mol. The van der Waals surface area contributed by atoms with Gasteiger partial charge < -0.3 is 15.2 Å². The van der Waals surface area contributed by atoms with E-state index in [0.717, 1.165) is 43.2 Å². The third-order valence-corrected chi connectivity index (χ3v) is 7.37. The van der Waals surface area contributed by atoms with Crippen LogP contribution in [0.25, 0.3) is 0 Å². The molecule has 6 rings (SSSR count). The van der Waals surface area contributed by atoms with Crippen molar-refractivity contribution in [1.29, 1.82) is 0 Å². The van der Waals surface area contributed by atoms with E-state index in [4.69, 9.17) is 4.74 Å². The fourth-order valence-electron chi connectivity index (χ4n) is 6.59. The van der Waals surface area contributed by atoms with Crippen LogP contribution in [0.3, 0.4) is 0 Å². The van der Waals surface area contributed by atoms with Crippen molar-refractivity contribution in [3.8, 4) is 0 Å². The number of amides is 1. The lowest BCUT2D eigenvalue weighted by Gasteiger charge is -2.58. The van der Waals surface area contributed by atoms with Crippen LogP contribution in [0.5, 0.6) is 0 Å². The lowest BCUT2D eigenvalue weighted by molar-refractivity contribution is -0.196. The molecule has 5 nitrogen and oxygen atoms in total. The second-order valence-corrected chi connectivity index (χ2v) is 9.86. The molecule has 2 N–H and O–H groups in total. The van der Waals surface area contributed by atoms with Crippen LogP contribution in [0.15, 0.2) is 60.7 Å². The van der Waals surface area contributed by atoms with E-state index in [1.165, 1.54) is 0 Å². The van der Waals surface area contributed by atoms with Crippen molar-refractivity contribution in [2.45, 2.75) is 50.2 Å². The molecule has 0 aliphatic heterocycles. The fourth-order valence-corrected chi connectivity index (χ4v) is 6.59. The SMILES string of the molecule is O=C(COC(=O)C12C[C@@H]3C[C@@H](CC(O)(C3)C1)C2)NC(c1ccccc1)c1ccccc1. The minimum absolute atomic E-state index is 0.301. The number of rotatable bonds is 6. The average Bonchev–Trinajstić information content (AvgIpc) is 2.75.